The van der Waals surface area contributed by atoms with Gasteiger partial charge in [0.2, 0.25) is 0 Å². The Bertz CT molecular complexity index is 632. The van der Waals surface area contributed by atoms with E-state index in [4.69, 9.17) is 16.9 Å². The number of rotatable bonds is 2. The Morgan fingerprint density at radius 1 is 1.22 bits per heavy atom. The average Bonchev–Trinajstić information content (AvgIpc) is 2.34. The Kier molecular flexibility index (Phi) is 3.90. The molecule has 0 spiro atoms. The van der Waals surface area contributed by atoms with Crippen molar-refractivity contribution in [3.05, 3.63) is 57.0 Å². The highest BCUT2D eigenvalue weighted by atomic mass is 79.9. The van der Waals surface area contributed by atoms with Crippen LogP contribution in [0, 0.1) is 18.3 Å². The van der Waals surface area contributed by atoms with Gasteiger partial charge in [-0.1, -0.05) is 17.7 Å². The van der Waals surface area contributed by atoms with Gasteiger partial charge < -0.3 is 5.32 Å². The first-order valence-electron chi connectivity index (χ1n) is 5.33. The van der Waals surface area contributed by atoms with Crippen molar-refractivity contribution >= 4 is 38.9 Å². The molecule has 0 aliphatic carbocycles. The van der Waals surface area contributed by atoms with Crippen molar-refractivity contribution in [2.75, 3.05) is 5.32 Å². The molecule has 0 aromatic heterocycles. The molecule has 0 heterocycles. The first-order valence-corrected chi connectivity index (χ1v) is 6.50. The molecule has 2 rings (SSSR count). The second kappa shape index (κ2) is 5.43. The van der Waals surface area contributed by atoms with Crippen molar-refractivity contribution in [1.29, 1.82) is 5.26 Å². The summed E-state index contributed by atoms with van der Waals surface area (Å²) >= 11 is 9.38. The summed E-state index contributed by atoms with van der Waals surface area (Å²) in [7, 11) is 0. The third-order valence-electron chi connectivity index (χ3n) is 2.49. The lowest BCUT2D eigenvalue weighted by Crippen LogP contribution is -1.94. The minimum atomic E-state index is 0.611. The number of halogens is 2. The van der Waals surface area contributed by atoms with Crippen LogP contribution >= 0.6 is 27.5 Å². The summed E-state index contributed by atoms with van der Waals surface area (Å²) in [5, 5.41) is 12.9. The molecule has 18 heavy (non-hydrogen) atoms. The van der Waals surface area contributed by atoms with E-state index in [1.54, 1.807) is 6.07 Å². The molecule has 90 valence electrons. The molecule has 4 heteroatoms. The molecular formula is C14H10BrClN2. The highest BCUT2D eigenvalue weighted by molar-refractivity contribution is 9.10. The third-order valence-corrected chi connectivity index (χ3v) is 3.73. The van der Waals surface area contributed by atoms with Crippen LogP contribution in [0.5, 0.6) is 0 Å². The van der Waals surface area contributed by atoms with Crippen LogP contribution in [0.1, 0.15) is 11.1 Å². The molecular weight excluding hydrogens is 312 g/mol. The molecule has 1 N–H and O–H groups in total. The van der Waals surface area contributed by atoms with E-state index in [1.807, 2.05) is 37.3 Å². The van der Waals surface area contributed by atoms with Gasteiger partial charge in [-0.25, -0.2) is 0 Å². The van der Waals surface area contributed by atoms with Crippen LogP contribution in [-0.4, -0.2) is 0 Å². The predicted molar refractivity (Wildman–Crippen MR) is 78.3 cm³/mol. The molecule has 0 atom stereocenters. The van der Waals surface area contributed by atoms with Crippen LogP contribution < -0.4 is 5.32 Å². The SMILES string of the molecule is Cc1ccc(C#N)c(Nc2ccc(Br)c(Cl)c2)c1. The number of nitriles is 1. The van der Waals surface area contributed by atoms with Crippen molar-refractivity contribution in [3.8, 4) is 6.07 Å². The quantitative estimate of drug-likeness (QED) is 0.842. The third kappa shape index (κ3) is 2.84. The van der Waals surface area contributed by atoms with Gasteiger partial charge >= 0.3 is 0 Å². The smallest absolute Gasteiger partial charge is 0.101 e. The summed E-state index contributed by atoms with van der Waals surface area (Å²) in [4.78, 5) is 0. The minimum Gasteiger partial charge on any atom is -0.354 e. The molecule has 2 nitrogen and oxygen atoms in total. The van der Waals surface area contributed by atoms with E-state index in [2.05, 4.69) is 27.3 Å². The van der Waals surface area contributed by atoms with Crippen molar-refractivity contribution in [3.63, 3.8) is 0 Å². The zero-order valence-electron chi connectivity index (χ0n) is 9.67. The predicted octanol–water partition coefficient (Wildman–Crippen LogP) is 5.03. The van der Waals surface area contributed by atoms with E-state index in [-0.39, 0.29) is 0 Å². The topological polar surface area (TPSA) is 35.8 Å². The van der Waals surface area contributed by atoms with Crippen LogP contribution in [-0.2, 0) is 0 Å². The van der Waals surface area contributed by atoms with E-state index in [0.29, 0.717) is 10.6 Å². The summed E-state index contributed by atoms with van der Waals surface area (Å²) in [6.07, 6.45) is 0. The van der Waals surface area contributed by atoms with Gasteiger partial charge in [0.05, 0.1) is 16.3 Å². The number of hydrogen-bond acceptors (Lipinski definition) is 2. The highest BCUT2D eigenvalue weighted by Gasteiger charge is 2.04. The first kappa shape index (κ1) is 12.9. The van der Waals surface area contributed by atoms with Crippen molar-refractivity contribution in [2.24, 2.45) is 0 Å². The maximum absolute atomic E-state index is 9.06. The lowest BCUT2D eigenvalue weighted by molar-refractivity contribution is 1.41. The van der Waals surface area contributed by atoms with Crippen LogP contribution in [0.4, 0.5) is 11.4 Å². The van der Waals surface area contributed by atoms with E-state index < -0.39 is 0 Å². The first-order chi connectivity index (χ1) is 8.60. The van der Waals surface area contributed by atoms with Crippen molar-refractivity contribution in [2.45, 2.75) is 6.92 Å². The standard InChI is InChI=1S/C14H10BrClN2/c1-9-2-3-10(8-17)14(6-9)18-11-4-5-12(15)13(16)7-11/h2-7,18H,1H3. The van der Waals surface area contributed by atoms with Crippen LogP contribution in [0.3, 0.4) is 0 Å². The number of anilines is 2. The van der Waals surface area contributed by atoms with E-state index >= 15 is 0 Å². The summed E-state index contributed by atoms with van der Waals surface area (Å²) < 4.78 is 0.847. The number of aryl methyl sites for hydroxylation is 1. The Morgan fingerprint density at radius 2 is 2.00 bits per heavy atom. The van der Waals surface area contributed by atoms with Crippen LogP contribution in [0.15, 0.2) is 40.9 Å². The fourth-order valence-electron chi connectivity index (χ4n) is 1.59. The van der Waals surface area contributed by atoms with Gasteiger partial charge in [-0.15, -0.1) is 0 Å². The molecule has 0 saturated carbocycles. The number of nitrogens with zero attached hydrogens (tertiary/aromatic N) is 1. The van der Waals surface area contributed by atoms with Gasteiger partial charge in [0, 0.05) is 10.2 Å². The van der Waals surface area contributed by atoms with Gasteiger partial charge in [-0.05, 0) is 58.7 Å². The molecule has 0 aliphatic heterocycles. The molecule has 0 saturated heterocycles. The normalized spacial score (nSPS) is 9.89. The fraction of sp³-hybridized carbons (Fsp3) is 0.0714. The van der Waals surface area contributed by atoms with Crippen molar-refractivity contribution in [1.82, 2.24) is 0 Å². The lowest BCUT2D eigenvalue weighted by Gasteiger charge is -2.10. The van der Waals surface area contributed by atoms with E-state index in [1.165, 1.54) is 0 Å². The summed E-state index contributed by atoms with van der Waals surface area (Å²) in [6.45, 7) is 1.99. The summed E-state index contributed by atoms with van der Waals surface area (Å²) in [5.41, 5.74) is 3.35. The zero-order chi connectivity index (χ0) is 13.1. The molecule has 2 aromatic carbocycles. The molecule has 0 bridgehead atoms. The number of hydrogen-bond donors (Lipinski definition) is 1. The van der Waals surface area contributed by atoms with Crippen molar-refractivity contribution < 1.29 is 0 Å². The second-order valence-corrected chi connectivity index (χ2v) is 5.18. The summed E-state index contributed by atoms with van der Waals surface area (Å²) in [6, 6.07) is 13.4. The Labute approximate surface area is 119 Å². The maximum Gasteiger partial charge on any atom is 0.101 e. The molecule has 0 amide bonds. The molecule has 0 fully saturated rings. The highest BCUT2D eigenvalue weighted by Crippen LogP contribution is 2.28. The van der Waals surface area contributed by atoms with E-state index in [9.17, 15) is 0 Å². The molecule has 0 radical (unpaired) electrons. The van der Waals surface area contributed by atoms with Gasteiger partial charge in [0.15, 0.2) is 0 Å². The second-order valence-electron chi connectivity index (χ2n) is 3.91. The minimum absolute atomic E-state index is 0.611. The van der Waals surface area contributed by atoms with Crippen LogP contribution in [0.2, 0.25) is 5.02 Å². The zero-order valence-corrected chi connectivity index (χ0v) is 12.0. The van der Waals surface area contributed by atoms with Gasteiger partial charge in [0.1, 0.15) is 6.07 Å². The molecule has 0 unspecified atom stereocenters. The average molecular weight is 322 g/mol. The van der Waals surface area contributed by atoms with Gasteiger partial charge in [-0.2, -0.15) is 5.26 Å². The monoisotopic (exact) mass is 320 g/mol. The summed E-state index contributed by atoms with van der Waals surface area (Å²) in [5.74, 6) is 0. The number of benzene rings is 2. The van der Waals surface area contributed by atoms with Gasteiger partial charge in [0.25, 0.3) is 0 Å². The van der Waals surface area contributed by atoms with Crippen LogP contribution in [0.25, 0.3) is 0 Å². The van der Waals surface area contributed by atoms with E-state index in [0.717, 1.165) is 21.4 Å². The number of nitrogens with one attached hydrogen (secondary N) is 1. The maximum atomic E-state index is 9.06. The Hall–Kier alpha value is -1.50. The lowest BCUT2D eigenvalue weighted by atomic mass is 10.1. The van der Waals surface area contributed by atoms with Gasteiger partial charge in [-0.3, -0.25) is 0 Å². The Balaban J connectivity index is 2.36. The fourth-order valence-corrected chi connectivity index (χ4v) is 2.02. The molecule has 0 aliphatic rings. The molecule has 2 aromatic rings. The Morgan fingerprint density at radius 3 is 2.67 bits per heavy atom. The largest absolute Gasteiger partial charge is 0.354 e.